The van der Waals surface area contributed by atoms with Crippen LogP contribution in [0.1, 0.15) is 0 Å². The second-order valence-electron chi connectivity index (χ2n) is 25.1. The number of benzene rings is 16. The highest BCUT2D eigenvalue weighted by Gasteiger charge is 2.17. The highest BCUT2D eigenvalue weighted by atomic mass is 15.1. The molecule has 0 N–H and O–H groups in total. The topological polar surface area (TPSA) is 13.0 Å². The molecular weight excluding hydrogens is 1210 g/mol. The second-order valence-corrected chi connectivity index (χ2v) is 25.1. The van der Waals surface area contributed by atoms with Crippen molar-refractivity contribution in [1.29, 1.82) is 0 Å². The SMILES string of the molecule is CN(c1ccc(-c2ccc(N(c3ccc(-c4ccccc4)cc3)c3ccc(-c4ccccc4)cc3)cc2)cc1)c1ccc2ccccc2c1.CN(c1ccc(-c2ccccc2)cc1)c1ccc(-c2ccc(N(c3ccc(-c4ccccc4)cc3)c3ccc(-c4ccccc4)cc3)cc2)cc1. The van der Waals surface area contributed by atoms with Crippen LogP contribution in [-0.4, -0.2) is 14.1 Å². The van der Waals surface area contributed by atoms with Gasteiger partial charge in [0.1, 0.15) is 0 Å². The van der Waals surface area contributed by atoms with Crippen LogP contribution in [-0.2, 0) is 0 Å². The van der Waals surface area contributed by atoms with Gasteiger partial charge in [-0.3, -0.25) is 0 Å². The summed E-state index contributed by atoms with van der Waals surface area (Å²) >= 11 is 0. The quantitative estimate of drug-likeness (QED) is 0.0901. The third-order valence-electron chi connectivity index (χ3n) is 18.8. The molecule has 4 nitrogen and oxygen atoms in total. The van der Waals surface area contributed by atoms with Gasteiger partial charge in [-0.15, -0.1) is 0 Å². The molecule has 0 aliphatic rings. The molecule has 0 aliphatic carbocycles. The van der Waals surface area contributed by atoms with Crippen molar-refractivity contribution in [2.24, 2.45) is 0 Å². The van der Waals surface area contributed by atoms with Crippen molar-refractivity contribution in [2.45, 2.75) is 0 Å². The first kappa shape index (κ1) is 63.1. The Hall–Kier alpha value is -13.0. The molecule has 0 spiro atoms. The molecule has 0 aliphatic heterocycles. The van der Waals surface area contributed by atoms with Gasteiger partial charge in [0.2, 0.25) is 0 Å². The van der Waals surface area contributed by atoms with Crippen molar-refractivity contribution in [3.8, 4) is 77.9 Å². The van der Waals surface area contributed by atoms with E-state index < -0.39 is 0 Å². The Kier molecular flexibility index (Phi) is 18.6. The summed E-state index contributed by atoms with van der Waals surface area (Å²) in [6.45, 7) is 0. The second kappa shape index (κ2) is 29.5. The number of hydrogen-bond acceptors (Lipinski definition) is 4. The van der Waals surface area contributed by atoms with Gasteiger partial charge in [0.25, 0.3) is 0 Å². The first-order valence-corrected chi connectivity index (χ1v) is 34.1. The van der Waals surface area contributed by atoms with Gasteiger partial charge in [0, 0.05) is 71.0 Å². The van der Waals surface area contributed by atoms with Crippen LogP contribution < -0.4 is 19.6 Å². The van der Waals surface area contributed by atoms with Crippen LogP contribution in [0.2, 0.25) is 0 Å². The van der Waals surface area contributed by atoms with Crippen LogP contribution in [0.3, 0.4) is 0 Å². The van der Waals surface area contributed by atoms with E-state index in [4.69, 9.17) is 0 Å². The lowest BCUT2D eigenvalue weighted by atomic mass is 10.0. The zero-order valence-corrected chi connectivity index (χ0v) is 56.0. The average Bonchev–Trinajstić information content (AvgIpc) is 1.14. The van der Waals surface area contributed by atoms with Crippen LogP contribution in [0.15, 0.2) is 413 Å². The Labute approximate surface area is 588 Å². The van der Waals surface area contributed by atoms with Crippen molar-refractivity contribution in [3.05, 3.63) is 413 Å². The summed E-state index contributed by atoms with van der Waals surface area (Å²) in [6, 6.07) is 147. The minimum atomic E-state index is 1.11. The van der Waals surface area contributed by atoms with Gasteiger partial charge in [-0.25, -0.2) is 0 Å². The molecule has 0 heterocycles. The van der Waals surface area contributed by atoms with Crippen LogP contribution >= 0.6 is 0 Å². The third kappa shape index (κ3) is 14.3. The molecule has 0 unspecified atom stereocenters. The predicted octanol–water partition coefficient (Wildman–Crippen LogP) is 26.7. The molecule has 100 heavy (non-hydrogen) atoms. The number of nitrogens with zero attached hydrogens (tertiary/aromatic N) is 4. The monoisotopic (exact) mass is 1280 g/mol. The Balaban J connectivity index is 0.000000163. The number of hydrogen-bond donors (Lipinski definition) is 0. The summed E-state index contributed by atoms with van der Waals surface area (Å²) in [5.41, 5.74) is 28.1. The molecular formula is C96H74N4. The molecule has 0 amide bonds. The fraction of sp³-hybridized carbons (Fsp3) is 0.0208. The maximum Gasteiger partial charge on any atom is 0.0462 e. The van der Waals surface area contributed by atoms with E-state index in [-0.39, 0.29) is 0 Å². The molecule has 0 radical (unpaired) electrons. The predicted molar refractivity (Wildman–Crippen MR) is 427 cm³/mol. The Morgan fingerprint density at radius 3 is 0.510 bits per heavy atom. The number of rotatable bonds is 17. The molecule has 0 atom stereocenters. The van der Waals surface area contributed by atoms with Crippen molar-refractivity contribution in [3.63, 3.8) is 0 Å². The van der Waals surface area contributed by atoms with E-state index in [1.54, 1.807) is 0 Å². The van der Waals surface area contributed by atoms with E-state index in [9.17, 15) is 0 Å². The molecule has 0 bridgehead atoms. The van der Waals surface area contributed by atoms with Gasteiger partial charge in [-0.2, -0.15) is 0 Å². The summed E-state index contributed by atoms with van der Waals surface area (Å²) in [4.78, 5) is 9.12. The fourth-order valence-corrected chi connectivity index (χ4v) is 13.2. The molecule has 0 aromatic heterocycles. The molecule has 0 saturated heterocycles. The number of anilines is 10. The highest BCUT2D eigenvalue weighted by molar-refractivity contribution is 5.88. The van der Waals surface area contributed by atoms with Crippen LogP contribution in [0, 0.1) is 0 Å². The molecule has 16 aromatic carbocycles. The van der Waals surface area contributed by atoms with Gasteiger partial charge in [0.05, 0.1) is 0 Å². The Morgan fingerprint density at radius 1 is 0.130 bits per heavy atom. The zero-order chi connectivity index (χ0) is 67.4. The van der Waals surface area contributed by atoms with Crippen molar-refractivity contribution < 1.29 is 0 Å². The van der Waals surface area contributed by atoms with Crippen molar-refractivity contribution in [1.82, 2.24) is 0 Å². The Bertz CT molecular complexity index is 5100. The summed E-state index contributed by atoms with van der Waals surface area (Å²) in [5, 5.41) is 2.50. The van der Waals surface area contributed by atoms with Crippen LogP contribution in [0.5, 0.6) is 0 Å². The average molecular weight is 1280 g/mol. The molecule has 0 fully saturated rings. The van der Waals surface area contributed by atoms with E-state index in [0.29, 0.717) is 0 Å². The molecule has 16 aromatic rings. The first-order valence-electron chi connectivity index (χ1n) is 34.1. The maximum absolute atomic E-state index is 2.33. The lowest BCUT2D eigenvalue weighted by Gasteiger charge is -2.26. The fourth-order valence-electron chi connectivity index (χ4n) is 13.2. The van der Waals surface area contributed by atoms with E-state index in [0.717, 1.165) is 51.2 Å². The van der Waals surface area contributed by atoms with Gasteiger partial charge >= 0.3 is 0 Å². The lowest BCUT2D eigenvalue weighted by molar-refractivity contribution is 1.21. The highest BCUT2D eigenvalue weighted by Crippen LogP contribution is 2.41. The summed E-state index contributed by atoms with van der Waals surface area (Å²) in [7, 11) is 4.25. The molecule has 4 heteroatoms. The van der Waals surface area contributed by atoms with E-state index >= 15 is 0 Å². The summed E-state index contributed by atoms with van der Waals surface area (Å²) < 4.78 is 0. The standard InChI is InChI=1S/C49H38N2.C47H36N2/c1-50(45-27-17-40(18-28-45)37-11-5-2-6-12-37)46-29-19-43(20-30-46)44-25-35-49(36-26-44)51(47-31-21-41(22-32-47)38-13-7-3-8-14-38)48-33-23-42(24-34-48)39-15-9-4-10-16-39;1-48(47-33-24-37-14-8-9-15-42(37)34-47)43-25-16-40(17-26-43)41-22-31-46(32-23-41)49(44-27-18-38(19-28-44)35-10-4-2-5-11-35)45-29-20-39(21-30-45)36-12-6-3-7-13-36/h2-36H,1H3;2-34H,1H3. The normalized spacial score (nSPS) is 10.9. The van der Waals surface area contributed by atoms with Gasteiger partial charge in [0.15, 0.2) is 0 Å². The summed E-state index contributed by atoms with van der Waals surface area (Å²) in [6.07, 6.45) is 0. The van der Waals surface area contributed by atoms with Crippen molar-refractivity contribution in [2.75, 3.05) is 33.7 Å². The molecule has 0 saturated carbocycles. The molecule has 478 valence electrons. The smallest absolute Gasteiger partial charge is 0.0462 e. The van der Waals surface area contributed by atoms with Crippen LogP contribution in [0.4, 0.5) is 56.9 Å². The maximum atomic E-state index is 2.33. The van der Waals surface area contributed by atoms with E-state index in [2.05, 4.69) is 446 Å². The van der Waals surface area contributed by atoms with Gasteiger partial charge in [-0.05, 0) is 210 Å². The Morgan fingerprint density at radius 2 is 0.290 bits per heavy atom. The van der Waals surface area contributed by atoms with Gasteiger partial charge in [-0.1, -0.05) is 291 Å². The lowest BCUT2D eigenvalue weighted by Crippen LogP contribution is -2.10. The minimum Gasteiger partial charge on any atom is -0.345 e. The molecule has 16 rings (SSSR count). The van der Waals surface area contributed by atoms with Crippen LogP contribution in [0.25, 0.3) is 88.7 Å². The number of fused-ring (bicyclic) bond motifs is 1. The van der Waals surface area contributed by atoms with Crippen molar-refractivity contribution >= 4 is 67.6 Å². The zero-order valence-electron chi connectivity index (χ0n) is 56.0. The summed E-state index contributed by atoms with van der Waals surface area (Å²) in [5.74, 6) is 0. The largest absolute Gasteiger partial charge is 0.345 e. The van der Waals surface area contributed by atoms with E-state index in [1.165, 1.54) is 94.3 Å². The van der Waals surface area contributed by atoms with E-state index in [1.807, 2.05) is 0 Å². The minimum absolute atomic E-state index is 1.11. The first-order chi connectivity index (χ1) is 49.4. The van der Waals surface area contributed by atoms with Gasteiger partial charge < -0.3 is 19.6 Å². The third-order valence-corrected chi connectivity index (χ3v) is 18.8.